The van der Waals surface area contributed by atoms with Crippen molar-refractivity contribution in [2.75, 3.05) is 31.7 Å². The molecule has 1 amide bonds. The zero-order valence-electron chi connectivity index (χ0n) is 10.3. The third kappa shape index (κ3) is 3.39. The Labute approximate surface area is 105 Å². The Morgan fingerprint density at radius 3 is 2.56 bits per heavy atom. The molecule has 0 saturated carbocycles. The lowest BCUT2D eigenvalue weighted by atomic mass is 10.2. The van der Waals surface area contributed by atoms with Gasteiger partial charge in [-0.1, -0.05) is 0 Å². The summed E-state index contributed by atoms with van der Waals surface area (Å²) in [5.41, 5.74) is 3.95. The van der Waals surface area contributed by atoms with Crippen LogP contribution in [-0.4, -0.2) is 52.3 Å². The standard InChI is InChI=1S/C11H18N4O3/c1-8-6-10(14-12)9(7-13-8)11(18)15(2-4-16)3-5-17/h6-7,16-17H,2-5,12H2,1H3,(H,13,14). The van der Waals surface area contributed by atoms with Crippen molar-refractivity contribution in [1.82, 2.24) is 9.88 Å². The summed E-state index contributed by atoms with van der Waals surface area (Å²) in [6, 6.07) is 1.66. The van der Waals surface area contributed by atoms with E-state index in [1.165, 1.54) is 11.1 Å². The zero-order valence-corrected chi connectivity index (χ0v) is 10.3. The predicted molar refractivity (Wildman–Crippen MR) is 66.9 cm³/mol. The third-order valence-corrected chi connectivity index (χ3v) is 2.45. The molecule has 1 heterocycles. The van der Waals surface area contributed by atoms with Crippen LogP contribution in [0.25, 0.3) is 0 Å². The summed E-state index contributed by atoms with van der Waals surface area (Å²) in [5.74, 6) is 5.02. The average Bonchev–Trinajstić information content (AvgIpc) is 2.37. The summed E-state index contributed by atoms with van der Waals surface area (Å²) in [6.45, 7) is 1.75. The molecule has 0 bridgehead atoms. The Morgan fingerprint density at radius 2 is 2.06 bits per heavy atom. The van der Waals surface area contributed by atoms with Crippen LogP contribution in [0.5, 0.6) is 0 Å². The van der Waals surface area contributed by atoms with Crippen LogP contribution in [0.2, 0.25) is 0 Å². The van der Waals surface area contributed by atoms with Crippen molar-refractivity contribution in [2.45, 2.75) is 6.92 Å². The molecule has 0 aliphatic carbocycles. The van der Waals surface area contributed by atoms with E-state index in [0.29, 0.717) is 11.3 Å². The highest BCUT2D eigenvalue weighted by molar-refractivity contribution is 5.99. The SMILES string of the molecule is Cc1cc(NN)c(C(=O)N(CCO)CCO)cn1. The Bertz CT molecular complexity index is 405. The van der Waals surface area contributed by atoms with E-state index < -0.39 is 0 Å². The molecule has 7 heteroatoms. The second-order valence-electron chi connectivity index (χ2n) is 3.76. The maximum atomic E-state index is 12.2. The quantitative estimate of drug-likeness (QED) is 0.387. The number of aliphatic hydroxyl groups is 2. The van der Waals surface area contributed by atoms with Crippen molar-refractivity contribution in [1.29, 1.82) is 0 Å². The molecule has 0 aromatic carbocycles. The largest absolute Gasteiger partial charge is 0.395 e. The molecule has 0 aliphatic rings. The number of nitrogens with two attached hydrogens (primary N) is 1. The molecule has 0 fully saturated rings. The molecule has 5 N–H and O–H groups in total. The van der Waals surface area contributed by atoms with Gasteiger partial charge in [-0.25, -0.2) is 0 Å². The average molecular weight is 254 g/mol. The van der Waals surface area contributed by atoms with Gasteiger partial charge in [-0.15, -0.1) is 0 Å². The van der Waals surface area contributed by atoms with Crippen molar-refractivity contribution < 1.29 is 15.0 Å². The molecule has 0 unspecified atom stereocenters. The van der Waals surface area contributed by atoms with Crippen LogP contribution < -0.4 is 11.3 Å². The van der Waals surface area contributed by atoms with Crippen molar-refractivity contribution in [3.05, 3.63) is 23.5 Å². The van der Waals surface area contributed by atoms with Gasteiger partial charge in [0.05, 0.1) is 24.5 Å². The minimum absolute atomic E-state index is 0.150. The van der Waals surface area contributed by atoms with Crippen LogP contribution >= 0.6 is 0 Å². The van der Waals surface area contributed by atoms with Gasteiger partial charge in [0.2, 0.25) is 0 Å². The van der Waals surface area contributed by atoms with Gasteiger partial charge in [-0.3, -0.25) is 15.6 Å². The number of nitrogens with one attached hydrogen (secondary N) is 1. The third-order valence-electron chi connectivity index (χ3n) is 2.45. The Kier molecular flexibility index (Phi) is 5.50. The van der Waals surface area contributed by atoms with Crippen molar-refractivity contribution >= 4 is 11.6 Å². The number of aliphatic hydroxyl groups excluding tert-OH is 2. The van der Waals surface area contributed by atoms with Crippen LogP contribution in [0, 0.1) is 6.92 Å². The maximum Gasteiger partial charge on any atom is 0.257 e. The number of carbonyl (C=O) groups is 1. The van der Waals surface area contributed by atoms with Crippen LogP contribution in [0.15, 0.2) is 12.3 Å². The van der Waals surface area contributed by atoms with Gasteiger partial charge in [0.1, 0.15) is 0 Å². The van der Waals surface area contributed by atoms with Crippen molar-refractivity contribution in [3.63, 3.8) is 0 Å². The lowest BCUT2D eigenvalue weighted by molar-refractivity contribution is 0.0685. The number of hydrogen-bond donors (Lipinski definition) is 4. The Hall–Kier alpha value is -1.70. The number of hydrogen-bond acceptors (Lipinski definition) is 6. The second kappa shape index (κ2) is 6.90. The predicted octanol–water partition coefficient (Wildman–Crippen LogP) is -0.898. The molecular weight excluding hydrogens is 236 g/mol. The van der Waals surface area contributed by atoms with Gasteiger partial charge >= 0.3 is 0 Å². The first-order chi connectivity index (χ1) is 8.63. The van der Waals surface area contributed by atoms with E-state index in [1.807, 2.05) is 0 Å². The molecular formula is C11H18N4O3. The fraction of sp³-hybridized carbons (Fsp3) is 0.455. The van der Waals surface area contributed by atoms with E-state index in [0.717, 1.165) is 5.69 Å². The maximum absolute atomic E-state index is 12.2. The summed E-state index contributed by atoms with van der Waals surface area (Å²) in [7, 11) is 0. The van der Waals surface area contributed by atoms with Crippen molar-refractivity contribution in [2.24, 2.45) is 5.84 Å². The van der Waals surface area contributed by atoms with E-state index in [4.69, 9.17) is 16.1 Å². The summed E-state index contributed by atoms with van der Waals surface area (Å²) in [5, 5.41) is 17.8. The smallest absolute Gasteiger partial charge is 0.257 e. The molecule has 7 nitrogen and oxygen atoms in total. The first-order valence-electron chi connectivity index (χ1n) is 5.58. The van der Waals surface area contributed by atoms with Gasteiger partial charge in [0.25, 0.3) is 5.91 Å². The van der Waals surface area contributed by atoms with Crippen LogP contribution in [0.4, 0.5) is 5.69 Å². The van der Waals surface area contributed by atoms with Crippen LogP contribution in [0.3, 0.4) is 0 Å². The van der Waals surface area contributed by atoms with Gasteiger partial charge in [0.15, 0.2) is 0 Å². The number of nitrogens with zero attached hydrogens (tertiary/aromatic N) is 2. The molecule has 1 aromatic heterocycles. The highest BCUT2D eigenvalue weighted by atomic mass is 16.3. The fourth-order valence-electron chi connectivity index (χ4n) is 1.58. The van der Waals surface area contributed by atoms with E-state index in [9.17, 15) is 4.79 Å². The lowest BCUT2D eigenvalue weighted by Crippen LogP contribution is -2.36. The first kappa shape index (κ1) is 14.4. The number of amides is 1. The van der Waals surface area contributed by atoms with Gasteiger partial charge in [0, 0.05) is 25.0 Å². The number of aromatic nitrogens is 1. The molecule has 18 heavy (non-hydrogen) atoms. The molecule has 0 aliphatic heterocycles. The Balaban J connectivity index is 3.00. The number of aryl methyl sites for hydroxylation is 1. The van der Waals surface area contributed by atoms with Crippen LogP contribution in [-0.2, 0) is 0 Å². The van der Waals surface area contributed by atoms with Crippen molar-refractivity contribution in [3.8, 4) is 0 Å². The van der Waals surface area contributed by atoms with E-state index in [1.54, 1.807) is 13.0 Å². The van der Waals surface area contributed by atoms with E-state index in [2.05, 4.69) is 10.4 Å². The zero-order chi connectivity index (χ0) is 13.5. The normalized spacial score (nSPS) is 10.2. The molecule has 1 aromatic rings. The number of carbonyl (C=O) groups excluding carboxylic acids is 1. The molecule has 0 spiro atoms. The summed E-state index contributed by atoms with van der Waals surface area (Å²) in [6.07, 6.45) is 1.43. The van der Waals surface area contributed by atoms with Gasteiger partial charge < -0.3 is 20.5 Å². The molecule has 1 rings (SSSR count). The monoisotopic (exact) mass is 254 g/mol. The van der Waals surface area contributed by atoms with Crippen LogP contribution in [0.1, 0.15) is 16.1 Å². The minimum Gasteiger partial charge on any atom is -0.395 e. The Morgan fingerprint density at radius 1 is 1.44 bits per heavy atom. The number of nitrogen functional groups attached to an aromatic ring is 1. The first-order valence-corrected chi connectivity index (χ1v) is 5.58. The second-order valence-corrected chi connectivity index (χ2v) is 3.76. The van der Waals surface area contributed by atoms with Gasteiger partial charge in [-0.05, 0) is 13.0 Å². The van der Waals surface area contributed by atoms with E-state index in [-0.39, 0.29) is 32.2 Å². The number of rotatable bonds is 6. The summed E-state index contributed by atoms with van der Waals surface area (Å²) < 4.78 is 0. The lowest BCUT2D eigenvalue weighted by Gasteiger charge is -2.21. The molecule has 0 radical (unpaired) electrons. The highest BCUT2D eigenvalue weighted by Gasteiger charge is 2.18. The molecule has 0 saturated heterocycles. The van der Waals surface area contributed by atoms with Gasteiger partial charge in [-0.2, -0.15) is 0 Å². The number of hydrazine groups is 1. The fourth-order valence-corrected chi connectivity index (χ4v) is 1.58. The molecule has 0 atom stereocenters. The number of anilines is 1. The number of pyridine rings is 1. The van der Waals surface area contributed by atoms with E-state index >= 15 is 0 Å². The summed E-state index contributed by atoms with van der Waals surface area (Å²) in [4.78, 5) is 17.6. The summed E-state index contributed by atoms with van der Waals surface area (Å²) >= 11 is 0. The minimum atomic E-state index is -0.335. The molecule has 100 valence electrons. The highest BCUT2D eigenvalue weighted by Crippen LogP contribution is 2.16. The topological polar surface area (TPSA) is 112 Å².